The van der Waals surface area contributed by atoms with Crippen LogP contribution in [-0.4, -0.2) is 60.6 Å². The highest BCUT2D eigenvalue weighted by Gasteiger charge is 2.34. The van der Waals surface area contributed by atoms with E-state index < -0.39 is 17.9 Å². The van der Waals surface area contributed by atoms with Crippen molar-refractivity contribution in [3.8, 4) is 5.75 Å². The number of ether oxygens (including phenoxy) is 2. The van der Waals surface area contributed by atoms with Gasteiger partial charge in [-0.2, -0.15) is 0 Å². The SMILES string of the molecule is COc1ccc(C=CC(=O)NC(=S)N2CCNC(=O)C2CC(=O)OCCc2ccccc2)cc1. The van der Waals surface area contributed by atoms with Crippen molar-refractivity contribution in [2.45, 2.75) is 18.9 Å². The molecule has 2 aromatic carbocycles. The molecular formula is C25H27N3O5S. The highest BCUT2D eigenvalue weighted by Crippen LogP contribution is 2.13. The van der Waals surface area contributed by atoms with Gasteiger partial charge in [-0.1, -0.05) is 42.5 Å². The zero-order valence-electron chi connectivity index (χ0n) is 18.9. The van der Waals surface area contributed by atoms with E-state index in [1.165, 1.54) is 6.08 Å². The Labute approximate surface area is 203 Å². The number of piperazine rings is 1. The molecule has 1 aliphatic heterocycles. The predicted molar refractivity (Wildman–Crippen MR) is 132 cm³/mol. The number of benzene rings is 2. The van der Waals surface area contributed by atoms with Crippen LogP contribution in [0.4, 0.5) is 0 Å². The summed E-state index contributed by atoms with van der Waals surface area (Å²) in [6, 6.07) is 16.0. The first-order valence-electron chi connectivity index (χ1n) is 10.9. The molecule has 0 radical (unpaired) electrons. The first kappa shape index (κ1) is 24.9. The second-order valence-corrected chi connectivity index (χ2v) is 7.95. The van der Waals surface area contributed by atoms with Gasteiger partial charge in [-0.05, 0) is 41.6 Å². The molecule has 178 valence electrons. The van der Waals surface area contributed by atoms with Crippen LogP contribution in [-0.2, 0) is 25.5 Å². The molecule has 1 heterocycles. The molecule has 0 saturated carbocycles. The average molecular weight is 482 g/mol. The van der Waals surface area contributed by atoms with E-state index in [0.717, 1.165) is 16.9 Å². The fourth-order valence-corrected chi connectivity index (χ4v) is 3.73. The van der Waals surface area contributed by atoms with E-state index in [-0.39, 0.29) is 24.0 Å². The Morgan fingerprint density at radius 1 is 1.18 bits per heavy atom. The molecule has 1 fully saturated rings. The molecule has 9 heteroatoms. The van der Waals surface area contributed by atoms with Crippen LogP contribution >= 0.6 is 12.2 Å². The van der Waals surface area contributed by atoms with Crippen LogP contribution in [0.1, 0.15) is 17.5 Å². The molecule has 3 rings (SSSR count). The standard InChI is InChI=1S/C25H27N3O5S/c1-32-20-10-7-19(8-11-20)9-12-22(29)27-25(34)28-15-14-26-24(31)21(28)17-23(30)33-16-13-18-5-3-2-4-6-18/h2-12,21H,13-17H2,1H3,(H,26,31)(H,27,29,34). The lowest BCUT2D eigenvalue weighted by atomic mass is 10.1. The van der Waals surface area contributed by atoms with Crippen molar-refractivity contribution in [3.63, 3.8) is 0 Å². The Balaban J connectivity index is 1.52. The number of esters is 1. The predicted octanol–water partition coefficient (Wildman–Crippen LogP) is 2.09. The van der Waals surface area contributed by atoms with E-state index in [9.17, 15) is 14.4 Å². The van der Waals surface area contributed by atoms with Crippen molar-refractivity contribution < 1.29 is 23.9 Å². The van der Waals surface area contributed by atoms with Gasteiger partial charge in [0.1, 0.15) is 11.8 Å². The lowest BCUT2D eigenvalue weighted by Crippen LogP contribution is -2.60. The van der Waals surface area contributed by atoms with Gasteiger partial charge in [-0.15, -0.1) is 0 Å². The number of hydrogen-bond acceptors (Lipinski definition) is 6. The van der Waals surface area contributed by atoms with Crippen LogP contribution in [0, 0.1) is 0 Å². The number of nitrogens with zero attached hydrogens (tertiary/aromatic N) is 1. The first-order chi connectivity index (χ1) is 16.5. The van der Waals surface area contributed by atoms with Crippen molar-refractivity contribution in [1.82, 2.24) is 15.5 Å². The van der Waals surface area contributed by atoms with Gasteiger partial charge >= 0.3 is 5.97 Å². The third-order valence-electron chi connectivity index (χ3n) is 5.22. The third kappa shape index (κ3) is 7.41. The van der Waals surface area contributed by atoms with Crippen LogP contribution < -0.4 is 15.4 Å². The van der Waals surface area contributed by atoms with Crippen molar-refractivity contribution in [2.24, 2.45) is 0 Å². The smallest absolute Gasteiger partial charge is 0.308 e. The Hall–Kier alpha value is -3.72. The minimum Gasteiger partial charge on any atom is -0.497 e. The molecule has 0 bridgehead atoms. The molecule has 0 aliphatic carbocycles. The zero-order chi connectivity index (χ0) is 24.3. The topological polar surface area (TPSA) is 97.0 Å². The molecule has 0 spiro atoms. The highest BCUT2D eigenvalue weighted by molar-refractivity contribution is 7.80. The van der Waals surface area contributed by atoms with Crippen molar-refractivity contribution in [1.29, 1.82) is 0 Å². The van der Waals surface area contributed by atoms with Gasteiger partial charge < -0.3 is 19.7 Å². The second-order valence-electron chi connectivity index (χ2n) is 7.56. The van der Waals surface area contributed by atoms with E-state index in [1.54, 1.807) is 30.2 Å². The summed E-state index contributed by atoms with van der Waals surface area (Å²) >= 11 is 5.36. The largest absolute Gasteiger partial charge is 0.497 e. The van der Waals surface area contributed by atoms with Crippen molar-refractivity contribution >= 4 is 41.2 Å². The summed E-state index contributed by atoms with van der Waals surface area (Å²) in [4.78, 5) is 38.7. The highest BCUT2D eigenvalue weighted by atomic mass is 32.1. The molecule has 34 heavy (non-hydrogen) atoms. The summed E-state index contributed by atoms with van der Waals surface area (Å²) in [6.45, 7) is 0.944. The number of carbonyl (C=O) groups is 3. The van der Waals surface area contributed by atoms with Crippen LogP contribution in [0.15, 0.2) is 60.7 Å². The number of methoxy groups -OCH3 is 1. The first-order valence-corrected chi connectivity index (χ1v) is 11.3. The van der Waals surface area contributed by atoms with Gasteiger partial charge in [-0.25, -0.2) is 0 Å². The molecule has 2 amide bonds. The maximum Gasteiger partial charge on any atom is 0.308 e. The van der Waals surface area contributed by atoms with Crippen LogP contribution in [0.3, 0.4) is 0 Å². The van der Waals surface area contributed by atoms with Gasteiger partial charge in [0.05, 0.1) is 20.1 Å². The quantitative estimate of drug-likeness (QED) is 0.339. The Morgan fingerprint density at radius 3 is 2.62 bits per heavy atom. The molecule has 1 atom stereocenters. The molecule has 0 aromatic heterocycles. The summed E-state index contributed by atoms with van der Waals surface area (Å²) in [5, 5.41) is 5.42. The molecule has 2 aromatic rings. The Bertz CT molecular complexity index is 1040. The van der Waals surface area contributed by atoms with E-state index >= 15 is 0 Å². The molecule has 1 saturated heterocycles. The van der Waals surface area contributed by atoms with E-state index in [2.05, 4.69) is 10.6 Å². The normalized spacial score (nSPS) is 15.5. The van der Waals surface area contributed by atoms with E-state index in [1.807, 2.05) is 42.5 Å². The van der Waals surface area contributed by atoms with Crippen molar-refractivity contribution in [2.75, 3.05) is 26.8 Å². The van der Waals surface area contributed by atoms with Gasteiger partial charge in [-0.3, -0.25) is 19.7 Å². The maximum atomic E-state index is 12.4. The lowest BCUT2D eigenvalue weighted by Gasteiger charge is -2.36. The van der Waals surface area contributed by atoms with Crippen LogP contribution in [0.2, 0.25) is 0 Å². The number of carbonyl (C=O) groups excluding carboxylic acids is 3. The molecule has 8 nitrogen and oxygen atoms in total. The van der Waals surface area contributed by atoms with Gasteiger partial charge in [0, 0.05) is 25.6 Å². The van der Waals surface area contributed by atoms with E-state index in [0.29, 0.717) is 19.5 Å². The van der Waals surface area contributed by atoms with Gasteiger partial charge in [0.2, 0.25) is 11.8 Å². The average Bonchev–Trinajstić information content (AvgIpc) is 2.85. The number of amides is 2. The number of hydrogen-bond donors (Lipinski definition) is 2. The molecular weight excluding hydrogens is 454 g/mol. The van der Waals surface area contributed by atoms with Crippen molar-refractivity contribution in [3.05, 3.63) is 71.8 Å². The third-order valence-corrected chi connectivity index (χ3v) is 5.56. The van der Waals surface area contributed by atoms with Crippen LogP contribution in [0.5, 0.6) is 5.75 Å². The summed E-state index contributed by atoms with van der Waals surface area (Å²) in [6.07, 6.45) is 3.41. The number of nitrogens with one attached hydrogen (secondary N) is 2. The summed E-state index contributed by atoms with van der Waals surface area (Å²) in [7, 11) is 1.58. The summed E-state index contributed by atoms with van der Waals surface area (Å²) < 4.78 is 10.4. The molecule has 1 unspecified atom stereocenters. The summed E-state index contributed by atoms with van der Waals surface area (Å²) in [5.74, 6) is -0.556. The zero-order valence-corrected chi connectivity index (χ0v) is 19.7. The Morgan fingerprint density at radius 2 is 1.91 bits per heavy atom. The van der Waals surface area contributed by atoms with Crippen LogP contribution in [0.25, 0.3) is 6.08 Å². The minimum absolute atomic E-state index is 0.0846. The van der Waals surface area contributed by atoms with Gasteiger partial charge in [0.25, 0.3) is 0 Å². The van der Waals surface area contributed by atoms with E-state index in [4.69, 9.17) is 21.7 Å². The number of thiocarbonyl (C=S) groups is 1. The fraction of sp³-hybridized carbons (Fsp3) is 0.280. The maximum absolute atomic E-state index is 12.4. The lowest BCUT2D eigenvalue weighted by molar-refractivity contribution is -0.147. The Kier molecular flexibility index (Phi) is 9.16. The minimum atomic E-state index is -0.851. The summed E-state index contributed by atoms with van der Waals surface area (Å²) in [5.41, 5.74) is 1.87. The second kappa shape index (κ2) is 12.5. The van der Waals surface area contributed by atoms with Gasteiger partial charge in [0.15, 0.2) is 5.11 Å². The number of rotatable bonds is 8. The monoisotopic (exact) mass is 481 g/mol. The molecule has 2 N–H and O–H groups in total. The molecule has 1 aliphatic rings. The fourth-order valence-electron chi connectivity index (χ4n) is 3.41.